The molecular weight excluding hydrogens is 158 g/mol. The molecule has 0 N–H and O–H groups in total. The number of hydrogen-bond donors (Lipinski definition) is 0. The Morgan fingerprint density at radius 2 is 2.45 bits per heavy atom. The van der Waals surface area contributed by atoms with Crippen LogP contribution in [0, 0.1) is 11.3 Å². The van der Waals surface area contributed by atoms with E-state index in [1.807, 2.05) is 13.0 Å². The Morgan fingerprint density at radius 3 is 2.91 bits per heavy atom. The van der Waals surface area contributed by atoms with Crippen molar-refractivity contribution in [2.75, 3.05) is 0 Å². The fourth-order valence-electron chi connectivity index (χ4n) is 0.915. The lowest BCUT2D eigenvalue weighted by atomic mass is 10.2. The first-order valence-corrected chi connectivity index (χ1v) is 4.62. The number of nitriles is 1. The number of rotatable bonds is 2. The second kappa shape index (κ2) is 3.49. The summed E-state index contributed by atoms with van der Waals surface area (Å²) < 4.78 is 11.0. The van der Waals surface area contributed by atoms with Gasteiger partial charge in [0.05, 0.1) is 16.9 Å². The van der Waals surface area contributed by atoms with Crippen LogP contribution in [0.4, 0.5) is 0 Å². The van der Waals surface area contributed by atoms with Crippen LogP contribution in [0.15, 0.2) is 22.0 Å². The SMILES string of the molecule is CC1=CC(CCC#N)=CS1=O. The van der Waals surface area contributed by atoms with Crippen molar-refractivity contribution in [2.24, 2.45) is 0 Å². The van der Waals surface area contributed by atoms with Crippen molar-refractivity contribution < 1.29 is 4.21 Å². The van der Waals surface area contributed by atoms with E-state index < -0.39 is 10.8 Å². The minimum Gasteiger partial charge on any atom is -0.250 e. The maximum atomic E-state index is 11.0. The van der Waals surface area contributed by atoms with Crippen LogP contribution in [0.1, 0.15) is 19.8 Å². The molecule has 0 fully saturated rings. The molecular formula is C8H9NOS. The normalized spacial score (nSPS) is 22.4. The lowest BCUT2D eigenvalue weighted by Gasteiger charge is -1.88. The van der Waals surface area contributed by atoms with Crippen molar-refractivity contribution in [3.8, 4) is 6.07 Å². The second-order valence-electron chi connectivity index (χ2n) is 2.40. The largest absolute Gasteiger partial charge is 0.250 e. The minimum atomic E-state index is -0.911. The highest BCUT2D eigenvalue weighted by Gasteiger charge is 2.08. The molecule has 0 aromatic heterocycles. The fourth-order valence-corrected chi connectivity index (χ4v) is 1.83. The van der Waals surface area contributed by atoms with Gasteiger partial charge in [-0.05, 0) is 25.0 Å². The zero-order valence-corrected chi connectivity index (χ0v) is 7.15. The van der Waals surface area contributed by atoms with E-state index in [4.69, 9.17) is 5.26 Å². The van der Waals surface area contributed by atoms with Crippen LogP contribution in [0.2, 0.25) is 0 Å². The van der Waals surface area contributed by atoms with E-state index in [2.05, 4.69) is 6.07 Å². The van der Waals surface area contributed by atoms with Gasteiger partial charge in [-0.25, -0.2) is 0 Å². The summed E-state index contributed by atoms with van der Waals surface area (Å²) in [7, 11) is -0.911. The molecule has 1 aliphatic rings. The Kier molecular flexibility index (Phi) is 2.61. The third-order valence-corrected chi connectivity index (χ3v) is 2.76. The summed E-state index contributed by atoms with van der Waals surface area (Å²) in [5, 5.41) is 10.00. The van der Waals surface area contributed by atoms with Crippen LogP contribution in [0.5, 0.6) is 0 Å². The number of hydrogen-bond acceptors (Lipinski definition) is 2. The van der Waals surface area contributed by atoms with E-state index in [0.29, 0.717) is 6.42 Å². The van der Waals surface area contributed by atoms with Crippen LogP contribution in [-0.2, 0) is 10.8 Å². The van der Waals surface area contributed by atoms with E-state index in [0.717, 1.165) is 16.9 Å². The monoisotopic (exact) mass is 167 g/mol. The Balaban J connectivity index is 2.58. The Hall–Kier alpha value is -0.880. The zero-order valence-electron chi connectivity index (χ0n) is 6.33. The molecule has 3 heteroatoms. The standard InChI is InChI=1S/C8H9NOS/c1-7-5-8(3-2-4-9)6-11(7)10/h5-6H,2-3H2,1H3. The van der Waals surface area contributed by atoms with Gasteiger partial charge in [0.15, 0.2) is 0 Å². The van der Waals surface area contributed by atoms with Crippen molar-refractivity contribution in [1.29, 1.82) is 5.26 Å². The van der Waals surface area contributed by atoms with E-state index >= 15 is 0 Å². The smallest absolute Gasteiger partial charge is 0.0734 e. The molecule has 0 bridgehead atoms. The first kappa shape index (κ1) is 8.22. The summed E-state index contributed by atoms with van der Waals surface area (Å²) in [5.41, 5.74) is 1.03. The predicted octanol–water partition coefficient (Wildman–Crippen LogP) is 1.84. The molecule has 0 aliphatic carbocycles. The van der Waals surface area contributed by atoms with Gasteiger partial charge in [-0.3, -0.25) is 4.21 Å². The highest BCUT2D eigenvalue weighted by Crippen LogP contribution is 2.20. The molecule has 58 valence electrons. The van der Waals surface area contributed by atoms with Crippen molar-refractivity contribution >= 4 is 10.8 Å². The van der Waals surface area contributed by atoms with Crippen LogP contribution in [0.3, 0.4) is 0 Å². The Labute approximate surface area is 68.7 Å². The zero-order chi connectivity index (χ0) is 8.27. The van der Waals surface area contributed by atoms with Gasteiger partial charge >= 0.3 is 0 Å². The highest BCUT2D eigenvalue weighted by atomic mass is 32.2. The summed E-state index contributed by atoms with van der Waals surface area (Å²) >= 11 is 0. The molecule has 0 radical (unpaired) electrons. The average molecular weight is 167 g/mol. The van der Waals surface area contributed by atoms with Gasteiger partial charge in [0.25, 0.3) is 0 Å². The van der Waals surface area contributed by atoms with Gasteiger partial charge in [-0.1, -0.05) is 0 Å². The van der Waals surface area contributed by atoms with Crippen molar-refractivity contribution in [2.45, 2.75) is 19.8 Å². The summed E-state index contributed by atoms with van der Waals surface area (Å²) in [5.74, 6) is 0. The van der Waals surface area contributed by atoms with Crippen molar-refractivity contribution in [1.82, 2.24) is 0 Å². The lowest BCUT2D eigenvalue weighted by Crippen LogP contribution is -1.77. The second-order valence-corrected chi connectivity index (χ2v) is 3.88. The summed E-state index contributed by atoms with van der Waals surface area (Å²) in [4.78, 5) is 0.887. The molecule has 0 saturated heterocycles. The molecule has 1 unspecified atom stereocenters. The van der Waals surface area contributed by atoms with E-state index in [1.54, 1.807) is 5.41 Å². The van der Waals surface area contributed by atoms with Gasteiger partial charge in [0.2, 0.25) is 0 Å². The highest BCUT2D eigenvalue weighted by molar-refractivity contribution is 7.92. The van der Waals surface area contributed by atoms with E-state index in [9.17, 15) is 4.21 Å². The number of allylic oxidation sites excluding steroid dienone is 3. The molecule has 2 nitrogen and oxygen atoms in total. The van der Waals surface area contributed by atoms with Crippen molar-refractivity contribution in [3.05, 3.63) is 22.0 Å². The van der Waals surface area contributed by atoms with Crippen LogP contribution in [-0.4, -0.2) is 4.21 Å². The summed E-state index contributed by atoms with van der Waals surface area (Å²) in [6.45, 7) is 1.84. The molecule has 1 atom stereocenters. The molecule has 1 aliphatic heterocycles. The summed E-state index contributed by atoms with van der Waals surface area (Å²) in [6, 6.07) is 2.06. The number of nitrogens with zero attached hydrogens (tertiary/aromatic N) is 1. The quantitative estimate of drug-likeness (QED) is 0.629. The maximum absolute atomic E-state index is 11.0. The predicted molar refractivity (Wildman–Crippen MR) is 44.8 cm³/mol. The lowest BCUT2D eigenvalue weighted by molar-refractivity contribution is 0.692. The third kappa shape index (κ3) is 2.02. The molecule has 0 saturated carbocycles. The van der Waals surface area contributed by atoms with Crippen LogP contribution < -0.4 is 0 Å². The van der Waals surface area contributed by atoms with Crippen LogP contribution in [0.25, 0.3) is 0 Å². The third-order valence-electron chi connectivity index (χ3n) is 1.49. The first-order valence-electron chi connectivity index (χ1n) is 3.40. The Bertz CT molecular complexity index is 283. The van der Waals surface area contributed by atoms with E-state index in [1.165, 1.54) is 0 Å². The molecule has 0 amide bonds. The van der Waals surface area contributed by atoms with Gasteiger partial charge in [0, 0.05) is 16.7 Å². The van der Waals surface area contributed by atoms with Crippen LogP contribution >= 0.6 is 0 Å². The molecule has 0 spiro atoms. The minimum absolute atomic E-state index is 0.507. The van der Waals surface area contributed by atoms with Gasteiger partial charge in [0.1, 0.15) is 0 Å². The molecule has 1 heterocycles. The summed E-state index contributed by atoms with van der Waals surface area (Å²) in [6.07, 6.45) is 3.12. The maximum Gasteiger partial charge on any atom is 0.0734 e. The Morgan fingerprint density at radius 1 is 1.73 bits per heavy atom. The van der Waals surface area contributed by atoms with E-state index in [-0.39, 0.29) is 0 Å². The molecule has 0 aromatic carbocycles. The molecule has 11 heavy (non-hydrogen) atoms. The van der Waals surface area contributed by atoms with Gasteiger partial charge in [-0.2, -0.15) is 5.26 Å². The van der Waals surface area contributed by atoms with Gasteiger partial charge in [-0.15, -0.1) is 0 Å². The topological polar surface area (TPSA) is 40.9 Å². The first-order chi connectivity index (χ1) is 5.24. The average Bonchev–Trinajstić information content (AvgIpc) is 2.28. The molecule has 0 aromatic rings. The fraction of sp³-hybridized carbons (Fsp3) is 0.375. The van der Waals surface area contributed by atoms with Gasteiger partial charge < -0.3 is 0 Å². The molecule has 1 rings (SSSR count). The van der Waals surface area contributed by atoms with Crippen molar-refractivity contribution in [3.63, 3.8) is 0 Å².